The van der Waals surface area contributed by atoms with Crippen LogP contribution in [0, 0.1) is 6.92 Å². The van der Waals surface area contributed by atoms with Crippen molar-refractivity contribution in [3.63, 3.8) is 0 Å². The molecule has 1 N–H and O–H groups in total. The van der Waals surface area contributed by atoms with E-state index in [1.54, 1.807) is 12.4 Å². The third-order valence-electron chi connectivity index (χ3n) is 2.34. The van der Waals surface area contributed by atoms with E-state index >= 15 is 0 Å². The molecule has 0 fully saturated rings. The standard InChI is InChI=1S/C12H11BrN2O/c1-8-2-3-11(13)10(4-8)12(16)9-5-14-7-15-6-9/h2-7,12,16H,1H3. The Balaban J connectivity index is 2.41. The van der Waals surface area contributed by atoms with Crippen LogP contribution < -0.4 is 0 Å². The summed E-state index contributed by atoms with van der Waals surface area (Å²) in [5.41, 5.74) is 2.62. The smallest absolute Gasteiger partial charge is 0.115 e. The van der Waals surface area contributed by atoms with Gasteiger partial charge in [0.15, 0.2) is 0 Å². The minimum atomic E-state index is -0.699. The average Bonchev–Trinajstić information content (AvgIpc) is 2.32. The van der Waals surface area contributed by atoms with Crippen molar-refractivity contribution < 1.29 is 5.11 Å². The molecule has 0 spiro atoms. The first kappa shape index (κ1) is 11.2. The fourth-order valence-electron chi connectivity index (χ4n) is 1.50. The van der Waals surface area contributed by atoms with Crippen molar-refractivity contribution in [2.45, 2.75) is 13.0 Å². The Morgan fingerprint density at radius 2 is 1.94 bits per heavy atom. The van der Waals surface area contributed by atoms with E-state index < -0.39 is 6.10 Å². The monoisotopic (exact) mass is 278 g/mol. The van der Waals surface area contributed by atoms with Gasteiger partial charge in [-0.3, -0.25) is 0 Å². The lowest BCUT2D eigenvalue weighted by atomic mass is 10.0. The predicted molar refractivity (Wildman–Crippen MR) is 65.0 cm³/mol. The van der Waals surface area contributed by atoms with Crippen molar-refractivity contribution in [2.75, 3.05) is 0 Å². The number of hydrogen-bond acceptors (Lipinski definition) is 3. The van der Waals surface area contributed by atoms with Crippen molar-refractivity contribution >= 4 is 15.9 Å². The van der Waals surface area contributed by atoms with Gasteiger partial charge < -0.3 is 5.11 Å². The molecule has 2 aromatic rings. The lowest BCUT2D eigenvalue weighted by Crippen LogP contribution is -2.02. The summed E-state index contributed by atoms with van der Waals surface area (Å²) in [5.74, 6) is 0. The van der Waals surface area contributed by atoms with Crippen molar-refractivity contribution in [1.29, 1.82) is 0 Å². The number of hydrogen-bond donors (Lipinski definition) is 1. The Morgan fingerprint density at radius 3 is 2.62 bits per heavy atom. The van der Waals surface area contributed by atoms with Gasteiger partial charge >= 0.3 is 0 Å². The molecule has 82 valence electrons. The average molecular weight is 279 g/mol. The van der Waals surface area contributed by atoms with Gasteiger partial charge in [-0.15, -0.1) is 0 Å². The Bertz CT molecular complexity index is 488. The quantitative estimate of drug-likeness (QED) is 0.919. The zero-order chi connectivity index (χ0) is 11.5. The van der Waals surface area contributed by atoms with Gasteiger partial charge in [0.2, 0.25) is 0 Å². The summed E-state index contributed by atoms with van der Waals surface area (Å²) in [6.07, 6.45) is 3.98. The van der Waals surface area contributed by atoms with Crippen LogP contribution in [0.1, 0.15) is 22.8 Å². The summed E-state index contributed by atoms with van der Waals surface area (Å²) in [4.78, 5) is 7.79. The summed E-state index contributed by atoms with van der Waals surface area (Å²) < 4.78 is 0.884. The first-order valence-electron chi connectivity index (χ1n) is 4.87. The molecule has 0 aliphatic carbocycles. The summed E-state index contributed by atoms with van der Waals surface area (Å²) in [7, 11) is 0. The maximum Gasteiger partial charge on any atom is 0.115 e. The fourth-order valence-corrected chi connectivity index (χ4v) is 1.97. The van der Waals surface area contributed by atoms with Gasteiger partial charge in [0.05, 0.1) is 0 Å². The molecule has 0 saturated heterocycles. The molecule has 1 atom stereocenters. The second-order valence-corrected chi connectivity index (χ2v) is 4.45. The number of aliphatic hydroxyl groups excluding tert-OH is 1. The van der Waals surface area contributed by atoms with Gasteiger partial charge in [-0.25, -0.2) is 9.97 Å². The topological polar surface area (TPSA) is 46.0 Å². The molecule has 1 unspecified atom stereocenters. The van der Waals surface area contributed by atoms with Crippen LogP contribution in [0.5, 0.6) is 0 Å². The summed E-state index contributed by atoms with van der Waals surface area (Å²) >= 11 is 3.43. The summed E-state index contributed by atoms with van der Waals surface area (Å²) in [6.45, 7) is 1.99. The number of rotatable bonds is 2. The molecule has 0 saturated carbocycles. The van der Waals surface area contributed by atoms with E-state index in [1.165, 1.54) is 6.33 Å². The summed E-state index contributed by atoms with van der Waals surface area (Å²) in [5, 5.41) is 10.2. The lowest BCUT2D eigenvalue weighted by molar-refractivity contribution is 0.218. The second kappa shape index (κ2) is 4.72. The van der Waals surface area contributed by atoms with Crippen molar-refractivity contribution in [2.24, 2.45) is 0 Å². The Kier molecular flexibility index (Phi) is 3.31. The molecule has 3 nitrogen and oxygen atoms in total. The van der Waals surface area contributed by atoms with Gasteiger partial charge in [0.25, 0.3) is 0 Å². The van der Waals surface area contributed by atoms with Crippen LogP contribution in [0.2, 0.25) is 0 Å². The largest absolute Gasteiger partial charge is 0.383 e. The first-order valence-corrected chi connectivity index (χ1v) is 5.67. The molecule has 1 aromatic heterocycles. The molecule has 0 aliphatic rings. The number of aliphatic hydroxyl groups is 1. The predicted octanol–water partition coefficient (Wildman–Crippen LogP) is 2.63. The van der Waals surface area contributed by atoms with Gasteiger partial charge in [-0.2, -0.15) is 0 Å². The maximum atomic E-state index is 10.2. The zero-order valence-corrected chi connectivity index (χ0v) is 10.3. The van der Waals surface area contributed by atoms with Gasteiger partial charge in [0.1, 0.15) is 12.4 Å². The molecule has 0 amide bonds. The van der Waals surface area contributed by atoms with Crippen LogP contribution in [-0.4, -0.2) is 15.1 Å². The zero-order valence-electron chi connectivity index (χ0n) is 8.76. The number of aryl methyl sites for hydroxylation is 1. The number of benzene rings is 1. The van der Waals surface area contributed by atoms with E-state index in [9.17, 15) is 5.11 Å². The van der Waals surface area contributed by atoms with Gasteiger partial charge in [-0.1, -0.05) is 33.6 Å². The number of aromatic nitrogens is 2. The van der Waals surface area contributed by atoms with E-state index in [-0.39, 0.29) is 0 Å². The molecule has 4 heteroatoms. The minimum absolute atomic E-state index is 0.689. The molecule has 2 rings (SSSR count). The third kappa shape index (κ3) is 2.28. The van der Waals surface area contributed by atoms with E-state index in [0.717, 1.165) is 15.6 Å². The van der Waals surface area contributed by atoms with Crippen LogP contribution in [0.4, 0.5) is 0 Å². The molecular formula is C12H11BrN2O. The van der Waals surface area contributed by atoms with Crippen LogP contribution >= 0.6 is 15.9 Å². The van der Waals surface area contributed by atoms with Gasteiger partial charge in [0, 0.05) is 22.4 Å². The highest BCUT2D eigenvalue weighted by atomic mass is 79.9. The van der Waals surface area contributed by atoms with Crippen LogP contribution in [-0.2, 0) is 0 Å². The van der Waals surface area contributed by atoms with Crippen LogP contribution in [0.3, 0.4) is 0 Å². The highest BCUT2D eigenvalue weighted by Gasteiger charge is 2.14. The molecular weight excluding hydrogens is 268 g/mol. The minimum Gasteiger partial charge on any atom is -0.383 e. The SMILES string of the molecule is Cc1ccc(Br)c(C(O)c2cncnc2)c1. The highest BCUT2D eigenvalue weighted by Crippen LogP contribution is 2.28. The normalized spacial score (nSPS) is 12.4. The second-order valence-electron chi connectivity index (χ2n) is 3.60. The molecule has 0 aliphatic heterocycles. The number of halogens is 1. The highest BCUT2D eigenvalue weighted by molar-refractivity contribution is 9.10. The Hall–Kier alpha value is -1.26. The van der Waals surface area contributed by atoms with Crippen LogP contribution in [0.25, 0.3) is 0 Å². The maximum absolute atomic E-state index is 10.2. The van der Waals surface area contributed by atoms with E-state index in [0.29, 0.717) is 5.56 Å². The van der Waals surface area contributed by atoms with Gasteiger partial charge in [-0.05, 0) is 18.6 Å². The van der Waals surface area contributed by atoms with Crippen molar-refractivity contribution in [3.8, 4) is 0 Å². The lowest BCUT2D eigenvalue weighted by Gasteiger charge is -2.13. The van der Waals surface area contributed by atoms with E-state index in [1.807, 2.05) is 25.1 Å². The third-order valence-corrected chi connectivity index (χ3v) is 3.06. The van der Waals surface area contributed by atoms with E-state index in [2.05, 4.69) is 25.9 Å². The molecule has 0 radical (unpaired) electrons. The number of nitrogens with zero attached hydrogens (tertiary/aromatic N) is 2. The Morgan fingerprint density at radius 1 is 1.25 bits per heavy atom. The van der Waals surface area contributed by atoms with E-state index in [4.69, 9.17) is 0 Å². The van der Waals surface area contributed by atoms with Crippen molar-refractivity contribution in [1.82, 2.24) is 9.97 Å². The van der Waals surface area contributed by atoms with Crippen LogP contribution in [0.15, 0.2) is 41.4 Å². The molecule has 16 heavy (non-hydrogen) atoms. The fraction of sp³-hybridized carbons (Fsp3) is 0.167. The van der Waals surface area contributed by atoms with Crippen molar-refractivity contribution in [3.05, 3.63) is 58.1 Å². The Labute approximate surface area is 102 Å². The first-order chi connectivity index (χ1) is 7.68. The molecule has 0 bridgehead atoms. The molecule has 1 heterocycles. The molecule has 1 aromatic carbocycles. The summed E-state index contributed by atoms with van der Waals surface area (Å²) in [6, 6.07) is 5.86.